The molecule has 4 heterocycles. The van der Waals surface area contributed by atoms with Crippen LogP contribution in [-0.2, 0) is 32.2 Å². The van der Waals surface area contributed by atoms with Crippen LogP contribution in [0.5, 0.6) is 0 Å². The molecule has 2 amide bonds. The molecule has 0 aromatic carbocycles. The topological polar surface area (TPSA) is 184 Å². The molecule has 0 radical (unpaired) electrons. The number of carbonyl (C=O) groups is 3. The fourth-order valence-corrected chi connectivity index (χ4v) is 5.60. The number of nitrogens with two attached hydrogens (primary N) is 1. The summed E-state index contributed by atoms with van der Waals surface area (Å²) < 4.78 is 5.79. The van der Waals surface area contributed by atoms with Crippen LogP contribution in [0.15, 0.2) is 40.8 Å². The molecule has 2 aromatic heterocycles. The van der Waals surface area contributed by atoms with Crippen LogP contribution in [0.1, 0.15) is 11.5 Å². The summed E-state index contributed by atoms with van der Waals surface area (Å²) in [6, 6.07) is 4.53. The minimum Gasteiger partial charge on any atom is -0.477 e. The van der Waals surface area contributed by atoms with Crippen LogP contribution in [0.4, 0.5) is 5.13 Å². The monoisotopic (exact) mass is 520 g/mol. The first kappa shape index (κ1) is 24.6. The number of thioether (sulfide) groups is 1. The van der Waals surface area contributed by atoms with E-state index in [-0.39, 0.29) is 35.5 Å². The Hall–Kier alpha value is -3.56. The lowest BCUT2D eigenvalue weighted by atomic mass is 10.0. The van der Waals surface area contributed by atoms with Gasteiger partial charge in [-0.3, -0.25) is 14.5 Å². The first-order chi connectivity index (χ1) is 16.8. The normalized spacial score (nSPS) is 19.8. The molecule has 0 aliphatic carbocycles. The van der Waals surface area contributed by atoms with Crippen LogP contribution in [0, 0.1) is 0 Å². The number of nitrogens with zero attached hydrogens (tertiary/aromatic N) is 5. The molecule has 1 saturated heterocycles. The minimum absolute atomic E-state index is 0.0428. The maximum Gasteiger partial charge on any atom is 0.352 e. The van der Waals surface area contributed by atoms with Gasteiger partial charge in [0.05, 0.1) is 13.0 Å². The van der Waals surface area contributed by atoms with Gasteiger partial charge in [0.15, 0.2) is 23.6 Å². The Balaban J connectivity index is 1.54. The number of β-lactam (4-membered cyclic amide) rings is 1. The number of oxime groups is 1. The maximum absolute atomic E-state index is 13.0. The quantitative estimate of drug-likeness (QED) is 0.135. The van der Waals surface area contributed by atoms with Crippen molar-refractivity contribution < 1.29 is 34.0 Å². The lowest BCUT2D eigenvalue weighted by Gasteiger charge is -2.49. The highest BCUT2D eigenvalue weighted by Gasteiger charge is 2.55. The molecule has 2 aliphatic rings. The number of nitrogens with one attached hydrogen (secondary N) is 1. The lowest BCUT2D eigenvalue weighted by Crippen LogP contribution is -2.71. The largest absolute Gasteiger partial charge is 0.477 e. The van der Waals surface area contributed by atoms with Gasteiger partial charge >= 0.3 is 5.97 Å². The first-order valence-electron chi connectivity index (χ1n) is 10.4. The number of anilines is 1. The van der Waals surface area contributed by atoms with Crippen molar-refractivity contribution in [3.05, 3.63) is 47.2 Å². The SMILES string of the molecule is CON=C(C(=O)NC1C(=O)N2C(C(=O)O)=C(C[n+]3ccccc3CCO)CS[C@@H]12)c1nsc(N)n1. The summed E-state index contributed by atoms with van der Waals surface area (Å²) in [6.45, 7) is 0.203. The maximum atomic E-state index is 13.0. The number of hydrogen-bond donors (Lipinski definition) is 4. The third-order valence-corrected chi connectivity index (χ3v) is 7.23. The van der Waals surface area contributed by atoms with Gasteiger partial charge in [0.2, 0.25) is 11.5 Å². The standard InChI is InChI=1S/C20H21N7O6S2/c1-33-24-12(15-23-20(21)35-25-15)16(29)22-13-17(30)27-14(19(31)32)10(9-34-18(13)27)8-26-6-3-2-4-11(26)5-7-28/h2-4,6,13,18,28H,5,7-9H2,1H3,(H3-,21,22,23,25,29,31,32)/p+1/t13?,18-/m0/s1. The fraction of sp³-hybridized carbons (Fsp3) is 0.350. The van der Waals surface area contributed by atoms with E-state index in [2.05, 4.69) is 19.8 Å². The van der Waals surface area contributed by atoms with Crippen molar-refractivity contribution in [2.75, 3.05) is 25.2 Å². The highest BCUT2D eigenvalue weighted by molar-refractivity contribution is 8.00. The Morgan fingerprint density at radius 1 is 1.43 bits per heavy atom. The average molecular weight is 521 g/mol. The Bertz CT molecular complexity index is 1230. The molecule has 184 valence electrons. The molecule has 4 rings (SSSR count). The van der Waals surface area contributed by atoms with Crippen molar-refractivity contribution in [1.29, 1.82) is 0 Å². The van der Waals surface area contributed by atoms with Crippen molar-refractivity contribution in [3.63, 3.8) is 0 Å². The second kappa shape index (κ2) is 10.4. The van der Waals surface area contributed by atoms with E-state index in [1.807, 2.05) is 22.8 Å². The van der Waals surface area contributed by atoms with E-state index < -0.39 is 29.2 Å². The van der Waals surface area contributed by atoms with Crippen molar-refractivity contribution >= 4 is 51.9 Å². The summed E-state index contributed by atoms with van der Waals surface area (Å²) in [6.07, 6.45) is 2.21. The van der Waals surface area contributed by atoms with Gasteiger partial charge in [-0.2, -0.15) is 13.9 Å². The molecule has 1 fully saturated rings. The number of aliphatic hydroxyl groups is 1. The van der Waals surface area contributed by atoms with Crippen LogP contribution >= 0.6 is 23.3 Å². The van der Waals surface area contributed by atoms with Crippen molar-refractivity contribution in [1.82, 2.24) is 19.6 Å². The Morgan fingerprint density at radius 3 is 2.89 bits per heavy atom. The number of hydrogen-bond acceptors (Lipinski definition) is 11. The predicted molar refractivity (Wildman–Crippen MR) is 125 cm³/mol. The van der Waals surface area contributed by atoms with E-state index in [9.17, 15) is 24.6 Å². The summed E-state index contributed by atoms with van der Waals surface area (Å²) in [5.74, 6) is -2.23. The first-order valence-corrected chi connectivity index (χ1v) is 12.2. The minimum atomic E-state index is -1.23. The molecule has 5 N–H and O–H groups in total. The molecule has 2 aliphatic heterocycles. The predicted octanol–water partition coefficient (Wildman–Crippen LogP) is -1.27. The van der Waals surface area contributed by atoms with Crippen molar-refractivity contribution in [3.8, 4) is 0 Å². The van der Waals surface area contributed by atoms with Crippen LogP contribution in [0.2, 0.25) is 0 Å². The number of amides is 2. The lowest BCUT2D eigenvalue weighted by molar-refractivity contribution is -0.696. The number of aromatic nitrogens is 3. The second-order valence-corrected chi connectivity index (χ2v) is 9.38. The van der Waals surface area contributed by atoms with Gasteiger partial charge in [0.1, 0.15) is 24.2 Å². The zero-order valence-electron chi connectivity index (χ0n) is 18.4. The Morgan fingerprint density at radius 2 is 2.23 bits per heavy atom. The number of nitrogen functional groups attached to an aromatic ring is 1. The van der Waals surface area contributed by atoms with Crippen LogP contribution < -0.4 is 15.6 Å². The van der Waals surface area contributed by atoms with Gasteiger partial charge in [0, 0.05) is 35.0 Å². The number of fused-ring (bicyclic) bond motifs is 1. The van der Waals surface area contributed by atoms with Crippen LogP contribution in [0.3, 0.4) is 0 Å². The van der Waals surface area contributed by atoms with Gasteiger partial charge in [-0.05, 0) is 0 Å². The number of carbonyl (C=O) groups excluding carboxylic acids is 2. The number of carboxylic acid groups (broad SMARTS) is 1. The summed E-state index contributed by atoms with van der Waals surface area (Å²) in [5.41, 5.74) is 6.61. The summed E-state index contributed by atoms with van der Waals surface area (Å²) in [5, 5.41) is 25.0. The van der Waals surface area contributed by atoms with E-state index >= 15 is 0 Å². The number of aliphatic carboxylic acids is 1. The average Bonchev–Trinajstić information content (AvgIpc) is 3.27. The van der Waals surface area contributed by atoms with Gasteiger partial charge in [-0.1, -0.05) is 11.2 Å². The van der Waals surface area contributed by atoms with Gasteiger partial charge in [0.25, 0.3) is 11.8 Å². The Labute approximate surface area is 207 Å². The summed E-state index contributed by atoms with van der Waals surface area (Å²) >= 11 is 2.22. The van der Waals surface area contributed by atoms with Crippen molar-refractivity contribution in [2.45, 2.75) is 24.4 Å². The van der Waals surface area contributed by atoms with E-state index in [0.29, 0.717) is 17.7 Å². The summed E-state index contributed by atoms with van der Waals surface area (Å²) in [4.78, 5) is 47.8. The van der Waals surface area contributed by atoms with Crippen LogP contribution in [0.25, 0.3) is 0 Å². The second-order valence-electron chi connectivity index (χ2n) is 7.49. The van der Waals surface area contributed by atoms with E-state index in [0.717, 1.165) is 17.2 Å². The number of rotatable bonds is 9. The zero-order valence-corrected chi connectivity index (χ0v) is 20.1. The molecule has 0 saturated carbocycles. The van der Waals surface area contributed by atoms with Gasteiger partial charge in [-0.25, -0.2) is 4.79 Å². The molecule has 0 bridgehead atoms. The third kappa shape index (κ3) is 4.82. The molecule has 0 spiro atoms. The van der Waals surface area contributed by atoms with E-state index in [1.165, 1.54) is 23.8 Å². The van der Waals surface area contributed by atoms with Crippen molar-refractivity contribution in [2.24, 2.45) is 5.16 Å². The molecule has 2 atom stereocenters. The molecular formula is C20H22N7O6S2+. The number of carboxylic acids is 1. The molecule has 35 heavy (non-hydrogen) atoms. The van der Waals surface area contributed by atoms with E-state index in [4.69, 9.17) is 10.6 Å². The number of aliphatic hydroxyl groups excluding tert-OH is 1. The van der Waals surface area contributed by atoms with Crippen LogP contribution in [-0.4, -0.2) is 78.9 Å². The smallest absolute Gasteiger partial charge is 0.352 e. The molecule has 2 aromatic rings. The van der Waals surface area contributed by atoms with Gasteiger partial charge in [-0.15, -0.1) is 11.8 Å². The highest BCUT2D eigenvalue weighted by atomic mass is 32.2. The Kier molecular flexibility index (Phi) is 7.28. The third-order valence-electron chi connectivity index (χ3n) is 5.35. The fourth-order valence-electron chi connectivity index (χ4n) is 3.83. The van der Waals surface area contributed by atoms with Gasteiger partial charge < -0.3 is 26.1 Å². The molecular weight excluding hydrogens is 498 g/mol. The highest BCUT2D eigenvalue weighted by Crippen LogP contribution is 2.40. The molecule has 13 nitrogen and oxygen atoms in total. The number of pyridine rings is 1. The molecule has 1 unspecified atom stereocenters. The summed E-state index contributed by atoms with van der Waals surface area (Å²) in [7, 11) is 1.25. The van der Waals surface area contributed by atoms with E-state index in [1.54, 1.807) is 6.20 Å². The molecule has 15 heteroatoms. The zero-order chi connectivity index (χ0) is 25.1.